The van der Waals surface area contributed by atoms with Crippen LogP contribution in [-0.4, -0.2) is 0 Å². The fourth-order valence-corrected chi connectivity index (χ4v) is 3.22. The molecule has 0 fully saturated rings. The SMILES string of the molecule is Fc1cccc(C(Cl)Cc2cccc(Br)c2)c1Br. The fraction of sp³-hybridized carbons (Fsp3) is 0.143. The Bertz CT molecular complexity index is 557. The largest absolute Gasteiger partial charge is 0.206 e. The minimum absolute atomic E-state index is 0.260. The Balaban J connectivity index is 2.22. The third kappa shape index (κ3) is 3.34. The molecule has 0 radical (unpaired) electrons. The second-order valence-corrected chi connectivity index (χ2v) is 6.18. The van der Waals surface area contributed by atoms with Gasteiger partial charge in [0.1, 0.15) is 5.82 Å². The van der Waals surface area contributed by atoms with Gasteiger partial charge < -0.3 is 0 Å². The van der Waals surface area contributed by atoms with E-state index >= 15 is 0 Å². The van der Waals surface area contributed by atoms with E-state index in [1.807, 2.05) is 30.3 Å². The highest BCUT2D eigenvalue weighted by atomic mass is 79.9. The summed E-state index contributed by atoms with van der Waals surface area (Å²) >= 11 is 13.0. The molecule has 2 aromatic carbocycles. The van der Waals surface area contributed by atoms with Gasteiger partial charge in [0.15, 0.2) is 0 Å². The van der Waals surface area contributed by atoms with Crippen molar-refractivity contribution in [3.05, 3.63) is 68.4 Å². The number of rotatable bonds is 3. The monoisotopic (exact) mass is 390 g/mol. The molecule has 0 saturated heterocycles. The molecule has 1 unspecified atom stereocenters. The average Bonchev–Trinajstić information content (AvgIpc) is 2.32. The van der Waals surface area contributed by atoms with Crippen molar-refractivity contribution in [2.24, 2.45) is 0 Å². The highest BCUT2D eigenvalue weighted by molar-refractivity contribution is 9.10. The molecule has 0 aliphatic heterocycles. The summed E-state index contributed by atoms with van der Waals surface area (Å²) in [5, 5.41) is -0.260. The molecule has 0 nitrogen and oxygen atoms in total. The zero-order chi connectivity index (χ0) is 13.1. The van der Waals surface area contributed by atoms with E-state index in [1.54, 1.807) is 6.07 Å². The van der Waals surface area contributed by atoms with Crippen molar-refractivity contribution >= 4 is 43.5 Å². The molecule has 0 saturated carbocycles. The lowest BCUT2D eigenvalue weighted by molar-refractivity contribution is 0.617. The van der Waals surface area contributed by atoms with E-state index in [0.717, 1.165) is 15.6 Å². The van der Waals surface area contributed by atoms with Gasteiger partial charge in [-0.25, -0.2) is 4.39 Å². The van der Waals surface area contributed by atoms with Crippen LogP contribution in [0, 0.1) is 5.82 Å². The predicted octanol–water partition coefficient (Wildman–Crippen LogP) is 5.87. The molecule has 18 heavy (non-hydrogen) atoms. The van der Waals surface area contributed by atoms with E-state index in [-0.39, 0.29) is 11.2 Å². The Morgan fingerprint density at radius 1 is 1.11 bits per heavy atom. The van der Waals surface area contributed by atoms with Crippen molar-refractivity contribution in [3.63, 3.8) is 0 Å². The van der Waals surface area contributed by atoms with Crippen molar-refractivity contribution in [2.75, 3.05) is 0 Å². The molecule has 0 bridgehead atoms. The third-order valence-electron chi connectivity index (χ3n) is 2.62. The number of hydrogen-bond donors (Lipinski definition) is 0. The van der Waals surface area contributed by atoms with Gasteiger partial charge in [-0.15, -0.1) is 11.6 Å². The summed E-state index contributed by atoms with van der Waals surface area (Å²) in [5.41, 5.74) is 1.89. The lowest BCUT2D eigenvalue weighted by Gasteiger charge is -2.12. The zero-order valence-electron chi connectivity index (χ0n) is 9.34. The normalized spacial score (nSPS) is 12.4. The van der Waals surface area contributed by atoms with Gasteiger partial charge in [0, 0.05) is 4.47 Å². The van der Waals surface area contributed by atoms with Gasteiger partial charge in [0.2, 0.25) is 0 Å². The molecule has 2 rings (SSSR count). The second kappa shape index (κ2) is 6.18. The quantitative estimate of drug-likeness (QED) is 0.573. The van der Waals surface area contributed by atoms with E-state index in [2.05, 4.69) is 31.9 Å². The Hall–Kier alpha value is -0.380. The highest BCUT2D eigenvalue weighted by Gasteiger charge is 2.14. The summed E-state index contributed by atoms with van der Waals surface area (Å²) < 4.78 is 14.9. The predicted molar refractivity (Wildman–Crippen MR) is 80.5 cm³/mol. The molecule has 0 amide bonds. The maximum atomic E-state index is 13.4. The lowest BCUT2D eigenvalue weighted by Crippen LogP contribution is -1.98. The minimum Gasteiger partial charge on any atom is -0.206 e. The summed E-state index contributed by atoms with van der Waals surface area (Å²) in [7, 11) is 0. The van der Waals surface area contributed by atoms with Crippen LogP contribution in [-0.2, 0) is 6.42 Å². The molecular formula is C14H10Br2ClF. The maximum Gasteiger partial charge on any atom is 0.137 e. The molecule has 2 aromatic rings. The van der Waals surface area contributed by atoms with Crippen LogP contribution < -0.4 is 0 Å². The third-order valence-corrected chi connectivity index (χ3v) is 4.34. The maximum absolute atomic E-state index is 13.4. The van der Waals surface area contributed by atoms with Gasteiger partial charge in [-0.3, -0.25) is 0 Å². The summed E-state index contributed by atoms with van der Waals surface area (Å²) in [5.74, 6) is -0.285. The van der Waals surface area contributed by atoms with Crippen molar-refractivity contribution < 1.29 is 4.39 Å². The van der Waals surface area contributed by atoms with Crippen molar-refractivity contribution in [1.82, 2.24) is 0 Å². The van der Waals surface area contributed by atoms with E-state index in [0.29, 0.717) is 10.9 Å². The van der Waals surface area contributed by atoms with Crippen LogP contribution in [0.5, 0.6) is 0 Å². The van der Waals surface area contributed by atoms with Crippen molar-refractivity contribution in [1.29, 1.82) is 0 Å². The Labute approximate surface area is 127 Å². The van der Waals surface area contributed by atoms with Crippen molar-refractivity contribution in [2.45, 2.75) is 11.8 Å². The Kier molecular flexibility index (Phi) is 4.82. The molecule has 94 valence electrons. The van der Waals surface area contributed by atoms with E-state index < -0.39 is 0 Å². The highest BCUT2D eigenvalue weighted by Crippen LogP contribution is 2.32. The van der Waals surface area contributed by atoms with Crippen molar-refractivity contribution in [3.8, 4) is 0 Å². The van der Waals surface area contributed by atoms with Gasteiger partial charge in [-0.05, 0) is 51.7 Å². The lowest BCUT2D eigenvalue weighted by atomic mass is 10.0. The number of halogens is 4. The average molecular weight is 392 g/mol. The first-order valence-electron chi connectivity index (χ1n) is 5.40. The molecule has 4 heteroatoms. The van der Waals surface area contributed by atoms with Crippen LogP contribution in [0.25, 0.3) is 0 Å². The summed E-state index contributed by atoms with van der Waals surface area (Å²) in [6.45, 7) is 0. The summed E-state index contributed by atoms with van der Waals surface area (Å²) in [4.78, 5) is 0. The molecule has 0 aliphatic carbocycles. The summed E-state index contributed by atoms with van der Waals surface area (Å²) in [6.07, 6.45) is 0.656. The first-order valence-corrected chi connectivity index (χ1v) is 7.42. The molecule has 0 spiro atoms. The molecular weight excluding hydrogens is 382 g/mol. The van der Waals surface area contributed by atoms with Crippen LogP contribution in [0.3, 0.4) is 0 Å². The Morgan fingerprint density at radius 3 is 2.56 bits per heavy atom. The van der Waals surface area contributed by atoms with Gasteiger partial charge in [0.05, 0.1) is 9.85 Å². The second-order valence-electron chi connectivity index (χ2n) is 3.94. The minimum atomic E-state index is -0.285. The van der Waals surface area contributed by atoms with Gasteiger partial charge in [-0.1, -0.05) is 40.2 Å². The Morgan fingerprint density at radius 2 is 1.83 bits per heavy atom. The first kappa shape index (κ1) is 14.0. The zero-order valence-corrected chi connectivity index (χ0v) is 13.3. The van der Waals surface area contributed by atoms with Gasteiger partial charge in [-0.2, -0.15) is 0 Å². The van der Waals surface area contributed by atoms with Crippen LogP contribution in [0.2, 0.25) is 0 Å². The van der Waals surface area contributed by atoms with Crippen LogP contribution in [0.4, 0.5) is 4.39 Å². The molecule has 0 heterocycles. The fourth-order valence-electron chi connectivity index (χ4n) is 1.74. The van der Waals surface area contributed by atoms with E-state index in [9.17, 15) is 4.39 Å². The first-order chi connectivity index (χ1) is 8.58. The van der Waals surface area contributed by atoms with Crippen LogP contribution in [0.15, 0.2) is 51.4 Å². The summed E-state index contributed by atoms with van der Waals surface area (Å²) in [6, 6.07) is 12.9. The standard InChI is InChI=1S/C14H10Br2ClF/c15-10-4-1-3-9(7-10)8-12(17)11-5-2-6-13(18)14(11)16/h1-7,12H,8H2. The smallest absolute Gasteiger partial charge is 0.137 e. The topological polar surface area (TPSA) is 0 Å². The van der Waals surface area contributed by atoms with E-state index in [4.69, 9.17) is 11.6 Å². The van der Waals surface area contributed by atoms with Gasteiger partial charge >= 0.3 is 0 Å². The number of hydrogen-bond acceptors (Lipinski definition) is 0. The number of alkyl halides is 1. The molecule has 0 N–H and O–H groups in total. The van der Waals surface area contributed by atoms with Crippen LogP contribution >= 0.6 is 43.5 Å². The molecule has 0 aliphatic rings. The molecule has 0 aromatic heterocycles. The molecule has 1 atom stereocenters. The van der Waals surface area contributed by atoms with E-state index in [1.165, 1.54) is 6.07 Å². The number of benzene rings is 2. The van der Waals surface area contributed by atoms with Crippen LogP contribution in [0.1, 0.15) is 16.5 Å². The van der Waals surface area contributed by atoms with Gasteiger partial charge in [0.25, 0.3) is 0 Å².